The van der Waals surface area contributed by atoms with Crippen molar-refractivity contribution in [3.63, 3.8) is 0 Å². The maximum Gasteiger partial charge on any atom is 0.475 e. The molecule has 53 heavy (non-hydrogen) atoms. The average molecular weight is 765 g/mol. The van der Waals surface area contributed by atoms with E-state index in [0.29, 0.717) is 18.6 Å². The van der Waals surface area contributed by atoms with Crippen molar-refractivity contribution in [2.24, 2.45) is 0 Å². The van der Waals surface area contributed by atoms with Crippen molar-refractivity contribution in [3.05, 3.63) is 107 Å². The van der Waals surface area contributed by atoms with Gasteiger partial charge in [-0.05, 0) is 60.1 Å². The van der Waals surface area contributed by atoms with Gasteiger partial charge in [-0.3, -0.25) is 23.2 Å². The number of hydrogen-bond donors (Lipinski definition) is 2. The fourth-order valence-corrected chi connectivity index (χ4v) is 8.56. The van der Waals surface area contributed by atoms with Crippen molar-refractivity contribution in [2.45, 2.75) is 56.8 Å². The number of carbonyl (C=O) groups is 2. The van der Waals surface area contributed by atoms with E-state index in [1.54, 1.807) is 12.1 Å². The first-order valence-electron chi connectivity index (χ1n) is 16.9. The molecule has 0 spiro atoms. The minimum Gasteiger partial charge on any atom is -0.373 e. The number of amides is 2. The number of methoxy groups -OCH3 is 1. The van der Waals surface area contributed by atoms with Crippen molar-refractivity contribution in [1.82, 2.24) is 10.8 Å². The van der Waals surface area contributed by atoms with E-state index in [4.69, 9.17) is 27.9 Å². The SMILES string of the molecule is COC1([C@H](NC(=O)c2ccc(C#CC#CCCOP(=O)(OCc3ccccc3)OCc3ccccc3)cc2)C(=O)NOC2CCCCO2)CS(=O)(=O)C1. The van der Waals surface area contributed by atoms with Gasteiger partial charge in [0.1, 0.15) is 11.6 Å². The first-order valence-corrected chi connectivity index (χ1v) is 20.2. The lowest BCUT2D eigenvalue weighted by Gasteiger charge is -2.44. The van der Waals surface area contributed by atoms with Crippen LogP contribution in [0.25, 0.3) is 0 Å². The first kappa shape index (κ1) is 39.9. The molecule has 0 radical (unpaired) electrons. The zero-order valence-corrected chi connectivity index (χ0v) is 30.9. The third-order valence-electron chi connectivity index (χ3n) is 8.27. The summed E-state index contributed by atoms with van der Waals surface area (Å²) in [7, 11) is -6.07. The molecule has 3 aromatic rings. The molecule has 13 nitrogen and oxygen atoms in total. The lowest BCUT2D eigenvalue weighted by Crippen LogP contribution is -2.71. The predicted molar refractivity (Wildman–Crippen MR) is 194 cm³/mol. The molecule has 1 unspecified atom stereocenters. The van der Waals surface area contributed by atoms with Crippen molar-refractivity contribution >= 4 is 29.5 Å². The lowest BCUT2D eigenvalue weighted by atomic mass is 9.95. The fourth-order valence-electron chi connectivity index (χ4n) is 5.43. The minimum atomic E-state index is -3.91. The highest BCUT2D eigenvalue weighted by Gasteiger charge is 2.57. The molecule has 2 amide bonds. The van der Waals surface area contributed by atoms with Gasteiger partial charge < -0.3 is 14.8 Å². The fraction of sp³-hybridized carbons (Fsp3) is 0.368. The predicted octanol–water partition coefficient (Wildman–Crippen LogP) is 4.48. The second kappa shape index (κ2) is 19.1. The Labute approximate surface area is 309 Å². The number of ether oxygens (including phenoxy) is 2. The van der Waals surface area contributed by atoms with Gasteiger partial charge in [0.2, 0.25) is 0 Å². The molecule has 2 aliphatic heterocycles. The third kappa shape index (κ3) is 12.1. The van der Waals surface area contributed by atoms with Crippen LogP contribution in [0.4, 0.5) is 0 Å². The second-order valence-electron chi connectivity index (χ2n) is 12.3. The van der Waals surface area contributed by atoms with Gasteiger partial charge in [0, 0.05) is 37.7 Å². The van der Waals surface area contributed by atoms with Crippen molar-refractivity contribution < 1.29 is 50.5 Å². The van der Waals surface area contributed by atoms with Crippen LogP contribution in [-0.2, 0) is 60.3 Å². The van der Waals surface area contributed by atoms with Gasteiger partial charge in [0.15, 0.2) is 16.1 Å². The normalized spacial score (nSPS) is 17.8. The Balaban J connectivity index is 1.14. The van der Waals surface area contributed by atoms with Gasteiger partial charge in [-0.2, -0.15) is 0 Å². The molecule has 2 aliphatic rings. The molecular weight excluding hydrogens is 723 g/mol. The molecule has 0 bridgehead atoms. The van der Waals surface area contributed by atoms with E-state index >= 15 is 0 Å². The van der Waals surface area contributed by atoms with Gasteiger partial charge in [0.25, 0.3) is 11.8 Å². The summed E-state index contributed by atoms with van der Waals surface area (Å²) in [6.07, 6.45) is 1.89. The Morgan fingerprint density at radius 3 is 2.11 bits per heavy atom. The molecule has 2 heterocycles. The van der Waals surface area contributed by atoms with Gasteiger partial charge in [-0.1, -0.05) is 72.5 Å². The monoisotopic (exact) mass is 764 g/mol. The highest BCUT2D eigenvalue weighted by atomic mass is 32.2. The van der Waals surface area contributed by atoms with Gasteiger partial charge in [-0.15, -0.1) is 0 Å². The highest BCUT2D eigenvalue weighted by Crippen LogP contribution is 2.51. The van der Waals surface area contributed by atoms with Crippen LogP contribution in [0.2, 0.25) is 0 Å². The van der Waals surface area contributed by atoms with E-state index in [2.05, 4.69) is 34.5 Å². The largest absolute Gasteiger partial charge is 0.475 e. The summed E-state index contributed by atoms with van der Waals surface area (Å²) in [6.45, 7) is 0.563. The summed E-state index contributed by atoms with van der Waals surface area (Å²) in [6, 6.07) is 23.4. The number of phosphoric ester groups is 1. The summed E-state index contributed by atoms with van der Waals surface area (Å²) in [4.78, 5) is 31.8. The molecule has 2 fully saturated rings. The standard InChI is InChI=1S/C38H41N2O11PS/c1-46-38(28-53(44,45)29-38)35(37(42)40-51-34-19-11-13-24-47-34)39-36(41)33-22-20-30(21-23-33)14-6-2-3-12-25-48-52(43,49-26-31-15-7-4-8-16-31)50-27-32-17-9-5-10-18-32/h4-5,7-10,15-18,20-23,34-35H,11-13,19,24-29H2,1H3,(H,39,41)(H,40,42)/t34?,35-/m1/s1. The van der Waals surface area contributed by atoms with Crippen molar-refractivity contribution in [2.75, 3.05) is 31.8 Å². The van der Waals surface area contributed by atoms with Gasteiger partial charge >= 0.3 is 7.82 Å². The quantitative estimate of drug-likeness (QED) is 0.0915. The van der Waals surface area contributed by atoms with Crippen molar-refractivity contribution in [3.8, 4) is 23.7 Å². The zero-order chi connectivity index (χ0) is 37.6. The molecule has 0 saturated carbocycles. The van der Waals surface area contributed by atoms with Crippen LogP contribution >= 0.6 is 7.82 Å². The molecule has 0 aromatic heterocycles. The number of sulfone groups is 1. The van der Waals surface area contributed by atoms with E-state index in [9.17, 15) is 22.6 Å². The molecular formula is C38H41N2O11PS. The summed E-state index contributed by atoms with van der Waals surface area (Å²) in [5, 5.41) is 2.62. The molecule has 3 aromatic carbocycles. The van der Waals surface area contributed by atoms with E-state index in [1.165, 1.54) is 19.2 Å². The lowest BCUT2D eigenvalue weighted by molar-refractivity contribution is -0.203. The highest BCUT2D eigenvalue weighted by molar-refractivity contribution is 7.93. The molecule has 15 heteroatoms. The Kier molecular flexibility index (Phi) is 14.4. The maximum atomic E-state index is 13.4. The van der Waals surface area contributed by atoms with Crippen LogP contribution in [0.3, 0.4) is 0 Å². The zero-order valence-electron chi connectivity index (χ0n) is 29.2. The first-order chi connectivity index (χ1) is 25.6. The Morgan fingerprint density at radius 2 is 1.55 bits per heavy atom. The molecule has 2 N–H and O–H groups in total. The molecule has 280 valence electrons. The smallest absolute Gasteiger partial charge is 0.373 e. The summed E-state index contributed by atoms with van der Waals surface area (Å²) in [5.74, 6) is 8.90. The third-order valence-corrected chi connectivity index (χ3v) is 11.5. The van der Waals surface area contributed by atoms with E-state index < -0.39 is 58.9 Å². The van der Waals surface area contributed by atoms with Crippen LogP contribution < -0.4 is 10.8 Å². The molecule has 2 saturated heterocycles. The van der Waals surface area contributed by atoms with Crippen molar-refractivity contribution in [1.29, 1.82) is 0 Å². The number of hydroxylamine groups is 1. The van der Waals surface area contributed by atoms with Crippen LogP contribution in [0.1, 0.15) is 52.7 Å². The van der Waals surface area contributed by atoms with Crippen LogP contribution in [-0.4, -0.2) is 70.0 Å². The summed E-state index contributed by atoms with van der Waals surface area (Å²) in [5.41, 5.74) is 3.24. The number of nitrogens with one attached hydrogen (secondary N) is 2. The topological polar surface area (TPSA) is 165 Å². The second-order valence-corrected chi connectivity index (χ2v) is 16.0. The molecule has 5 rings (SSSR count). The number of benzene rings is 3. The number of phosphoric acid groups is 1. The Hall–Kier alpha value is -4.34. The number of rotatable bonds is 16. The molecule has 0 aliphatic carbocycles. The van der Waals surface area contributed by atoms with E-state index in [0.717, 1.165) is 24.0 Å². The van der Waals surface area contributed by atoms with Crippen LogP contribution in [0.15, 0.2) is 84.9 Å². The Morgan fingerprint density at radius 1 is 0.906 bits per heavy atom. The van der Waals surface area contributed by atoms with Gasteiger partial charge in [0.05, 0.1) is 31.3 Å². The summed E-state index contributed by atoms with van der Waals surface area (Å²) >= 11 is 0. The van der Waals surface area contributed by atoms with E-state index in [1.807, 2.05) is 60.7 Å². The van der Waals surface area contributed by atoms with E-state index in [-0.39, 0.29) is 31.8 Å². The number of hydrogen-bond acceptors (Lipinski definition) is 11. The molecule has 2 atom stereocenters. The Bertz CT molecular complexity index is 1910. The average Bonchev–Trinajstić information content (AvgIpc) is 3.17. The van der Waals surface area contributed by atoms with Crippen LogP contribution in [0.5, 0.6) is 0 Å². The number of carbonyl (C=O) groups excluding carboxylic acids is 2. The minimum absolute atomic E-state index is 0.0187. The van der Waals surface area contributed by atoms with Gasteiger partial charge in [-0.25, -0.2) is 23.3 Å². The summed E-state index contributed by atoms with van der Waals surface area (Å²) < 4.78 is 65.3. The van der Waals surface area contributed by atoms with Crippen LogP contribution in [0, 0.1) is 23.7 Å². The maximum absolute atomic E-state index is 13.4.